The Morgan fingerprint density at radius 1 is 0.816 bits per heavy atom. The van der Waals surface area contributed by atoms with Gasteiger partial charge in [-0.25, -0.2) is 4.99 Å². The van der Waals surface area contributed by atoms with Gasteiger partial charge in [0.05, 0.1) is 19.3 Å². The van der Waals surface area contributed by atoms with E-state index < -0.39 is 0 Å². The Hall–Kier alpha value is -1.11. The van der Waals surface area contributed by atoms with Gasteiger partial charge in [-0.3, -0.25) is 0 Å². The zero-order chi connectivity index (χ0) is 35.3. The molecule has 6 heteroatoms. The predicted octanol–water partition coefficient (Wildman–Crippen LogP) is 10.2. The maximum atomic E-state index is 6.50. The van der Waals surface area contributed by atoms with Crippen LogP contribution in [-0.2, 0) is 14.2 Å². The SMILES string of the molecule is CCCCCCCCOCC(COCCCCOC1CCC2(C)C(=CCC3C2CCC2(C)C(C(C)CCCC(C)C)CCC32)C1)N=C(N)N. The van der Waals surface area contributed by atoms with Gasteiger partial charge in [0.2, 0.25) is 0 Å². The van der Waals surface area contributed by atoms with Crippen molar-refractivity contribution in [3.05, 3.63) is 11.6 Å². The second-order valence-corrected chi connectivity index (χ2v) is 17.9. The smallest absolute Gasteiger partial charge is 0.186 e. The monoisotopic (exact) mass is 686 g/mol. The van der Waals surface area contributed by atoms with Crippen LogP contribution in [0.3, 0.4) is 0 Å². The molecule has 0 amide bonds. The van der Waals surface area contributed by atoms with E-state index in [2.05, 4.69) is 52.6 Å². The molecule has 284 valence electrons. The molecule has 9 unspecified atom stereocenters. The molecule has 4 N–H and O–H groups in total. The largest absolute Gasteiger partial charge is 0.379 e. The van der Waals surface area contributed by atoms with Gasteiger partial charge in [0, 0.05) is 19.8 Å². The van der Waals surface area contributed by atoms with Gasteiger partial charge >= 0.3 is 0 Å². The molecule has 3 fully saturated rings. The molecule has 0 aromatic rings. The summed E-state index contributed by atoms with van der Waals surface area (Å²) < 4.78 is 18.3. The van der Waals surface area contributed by atoms with Crippen molar-refractivity contribution in [3.8, 4) is 0 Å². The van der Waals surface area contributed by atoms with E-state index in [0.29, 0.717) is 36.8 Å². The fraction of sp³-hybridized carbons (Fsp3) is 0.930. The minimum atomic E-state index is -0.141. The first-order valence-electron chi connectivity index (χ1n) is 21.1. The second kappa shape index (κ2) is 20.2. The van der Waals surface area contributed by atoms with Gasteiger partial charge in [0.15, 0.2) is 5.96 Å². The molecule has 0 aromatic carbocycles. The van der Waals surface area contributed by atoms with Crippen LogP contribution >= 0.6 is 0 Å². The van der Waals surface area contributed by atoms with Crippen LogP contribution in [0.5, 0.6) is 0 Å². The molecule has 0 saturated heterocycles. The van der Waals surface area contributed by atoms with Gasteiger partial charge in [-0.05, 0) is 117 Å². The van der Waals surface area contributed by atoms with Crippen LogP contribution in [-0.4, -0.2) is 51.1 Å². The molecule has 3 saturated carbocycles. The Balaban J connectivity index is 1.13. The standard InChI is InChI=1S/C43H79N3O3/c1-7-8-9-10-11-12-26-47-30-35(46-41(44)45)31-48-27-13-14-28-49-36-22-24-42(5)34(29-36)18-19-37-39-21-20-38(33(4)17-15-16-32(2)3)43(39,6)25-23-40(37)42/h18,32-33,35-40H,7-17,19-31H2,1-6H3,(H4,44,45,46). The van der Waals surface area contributed by atoms with Crippen LogP contribution in [0.1, 0.15) is 164 Å². The first-order chi connectivity index (χ1) is 23.6. The quantitative estimate of drug-likeness (QED) is 0.0483. The minimum Gasteiger partial charge on any atom is -0.379 e. The third-order valence-corrected chi connectivity index (χ3v) is 13.9. The summed E-state index contributed by atoms with van der Waals surface area (Å²) in [7, 11) is 0. The van der Waals surface area contributed by atoms with Crippen molar-refractivity contribution < 1.29 is 14.2 Å². The number of nitrogens with zero attached hydrogens (tertiary/aromatic N) is 1. The lowest BCUT2D eigenvalue weighted by atomic mass is 9.47. The van der Waals surface area contributed by atoms with E-state index in [1.165, 1.54) is 96.3 Å². The highest BCUT2D eigenvalue weighted by Gasteiger charge is 2.59. The number of allylic oxidation sites excluding steroid dienone is 1. The van der Waals surface area contributed by atoms with Crippen LogP contribution in [0.2, 0.25) is 0 Å². The highest BCUT2D eigenvalue weighted by Crippen LogP contribution is 2.67. The van der Waals surface area contributed by atoms with Crippen molar-refractivity contribution in [1.82, 2.24) is 0 Å². The molecule has 0 spiro atoms. The molecular weight excluding hydrogens is 606 g/mol. The number of fused-ring (bicyclic) bond motifs is 5. The van der Waals surface area contributed by atoms with E-state index in [1.54, 1.807) is 5.57 Å². The number of hydrogen-bond donors (Lipinski definition) is 2. The molecule has 0 bridgehead atoms. The van der Waals surface area contributed by atoms with Crippen LogP contribution in [0.15, 0.2) is 16.6 Å². The maximum Gasteiger partial charge on any atom is 0.186 e. The van der Waals surface area contributed by atoms with E-state index in [9.17, 15) is 0 Å². The molecule has 49 heavy (non-hydrogen) atoms. The highest BCUT2D eigenvalue weighted by molar-refractivity contribution is 5.75. The molecule has 6 nitrogen and oxygen atoms in total. The molecule has 4 rings (SSSR count). The maximum absolute atomic E-state index is 6.50. The minimum absolute atomic E-state index is 0.101. The summed E-state index contributed by atoms with van der Waals surface area (Å²) in [6, 6.07) is -0.141. The first kappa shape index (κ1) is 40.7. The molecular formula is C43H79N3O3. The van der Waals surface area contributed by atoms with Crippen molar-refractivity contribution in [2.24, 2.45) is 62.8 Å². The van der Waals surface area contributed by atoms with E-state index in [-0.39, 0.29) is 12.0 Å². The summed E-state index contributed by atoms with van der Waals surface area (Å²) in [5.41, 5.74) is 14.0. The lowest BCUT2D eigenvalue weighted by Crippen LogP contribution is -2.51. The summed E-state index contributed by atoms with van der Waals surface area (Å²) in [5.74, 6) is 5.47. The first-order valence-corrected chi connectivity index (χ1v) is 21.1. The number of hydrogen-bond acceptors (Lipinski definition) is 4. The van der Waals surface area contributed by atoms with E-state index in [0.717, 1.165) is 74.4 Å². The molecule has 0 radical (unpaired) electrons. The average Bonchev–Trinajstić information content (AvgIpc) is 3.42. The number of nitrogens with two attached hydrogens (primary N) is 2. The summed E-state index contributed by atoms with van der Waals surface area (Å²) in [5, 5.41) is 0. The summed E-state index contributed by atoms with van der Waals surface area (Å²) in [6.45, 7) is 18.2. The third-order valence-electron chi connectivity index (χ3n) is 13.9. The Kier molecular flexibility index (Phi) is 16.8. The molecule has 9 atom stereocenters. The zero-order valence-corrected chi connectivity index (χ0v) is 33.0. The molecule has 0 heterocycles. The van der Waals surface area contributed by atoms with Crippen molar-refractivity contribution in [1.29, 1.82) is 0 Å². The fourth-order valence-corrected chi connectivity index (χ4v) is 11.1. The lowest BCUT2D eigenvalue weighted by Gasteiger charge is -2.58. The van der Waals surface area contributed by atoms with Crippen molar-refractivity contribution >= 4 is 5.96 Å². The van der Waals surface area contributed by atoms with Crippen LogP contribution in [0.4, 0.5) is 0 Å². The number of unbranched alkanes of at least 4 members (excludes halogenated alkanes) is 6. The van der Waals surface area contributed by atoms with Crippen LogP contribution < -0.4 is 11.5 Å². The van der Waals surface area contributed by atoms with Crippen molar-refractivity contribution in [3.63, 3.8) is 0 Å². The fourth-order valence-electron chi connectivity index (χ4n) is 11.1. The van der Waals surface area contributed by atoms with Crippen LogP contribution in [0.25, 0.3) is 0 Å². The summed E-state index contributed by atoms with van der Waals surface area (Å²) in [6.07, 6.45) is 27.7. The van der Waals surface area contributed by atoms with E-state index in [4.69, 9.17) is 25.7 Å². The Labute approximate surface area is 302 Å². The summed E-state index contributed by atoms with van der Waals surface area (Å²) in [4.78, 5) is 4.33. The predicted molar refractivity (Wildman–Crippen MR) is 207 cm³/mol. The molecule has 0 aliphatic heterocycles. The highest BCUT2D eigenvalue weighted by atomic mass is 16.5. The lowest BCUT2D eigenvalue weighted by molar-refractivity contribution is -0.0643. The van der Waals surface area contributed by atoms with Crippen molar-refractivity contribution in [2.45, 2.75) is 176 Å². The Bertz CT molecular complexity index is 1010. The Morgan fingerprint density at radius 2 is 1.51 bits per heavy atom. The van der Waals surface area contributed by atoms with Gasteiger partial charge in [0.25, 0.3) is 0 Å². The molecule has 0 aromatic heterocycles. The number of rotatable bonds is 23. The molecule has 4 aliphatic carbocycles. The zero-order valence-electron chi connectivity index (χ0n) is 33.0. The number of ether oxygens (including phenoxy) is 3. The number of guanidine groups is 1. The van der Waals surface area contributed by atoms with E-state index in [1.807, 2.05) is 0 Å². The van der Waals surface area contributed by atoms with Crippen molar-refractivity contribution in [2.75, 3.05) is 33.0 Å². The summed E-state index contributed by atoms with van der Waals surface area (Å²) >= 11 is 0. The second-order valence-electron chi connectivity index (χ2n) is 17.9. The topological polar surface area (TPSA) is 92.1 Å². The Morgan fingerprint density at radius 3 is 2.22 bits per heavy atom. The normalized spacial score (nSPS) is 32.2. The van der Waals surface area contributed by atoms with Gasteiger partial charge in [-0.1, -0.05) is 105 Å². The van der Waals surface area contributed by atoms with Gasteiger partial charge < -0.3 is 25.7 Å². The van der Waals surface area contributed by atoms with Gasteiger partial charge in [-0.15, -0.1) is 0 Å². The molecule has 4 aliphatic rings. The van der Waals surface area contributed by atoms with E-state index >= 15 is 0 Å². The average molecular weight is 686 g/mol. The van der Waals surface area contributed by atoms with Gasteiger partial charge in [0.1, 0.15) is 6.04 Å². The number of aliphatic imine (C=N–C) groups is 1. The third kappa shape index (κ3) is 11.4. The van der Waals surface area contributed by atoms with Gasteiger partial charge in [-0.2, -0.15) is 0 Å². The van der Waals surface area contributed by atoms with Crippen LogP contribution in [0, 0.1) is 46.3 Å².